The number of nitrogens with zero attached hydrogens (tertiary/aromatic N) is 1. The van der Waals surface area contributed by atoms with Gasteiger partial charge in [-0.05, 0) is 86.2 Å². The standard InChI is InChI=1S/C23H24N2O4S/c1-14-12-15(2)17(4)22(16(14)3)30(27,28)24-19-8-7-18-9-10-25(20(18)13-19)23(26)21-6-5-11-29-21/h5-8,11-13,24H,9-10H2,1-4H3. The molecule has 0 spiro atoms. The maximum Gasteiger partial charge on any atom is 0.293 e. The van der Waals surface area contributed by atoms with Crippen LogP contribution >= 0.6 is 0 Å². The third-order valence-electron chi connectivity index (χ3n) is 5.78. The monoisotopic (exact) mass is 424 g/mol. The number of sulfonamides is 1. The molecule has 0 saturated carbocycles. The van der Waals surface area contributed by atoms with E-state index in [1.165, 1.54) is 6.26 Å². The van der Waals surface area contributed by atoms with Gasteiger partial charge >= 0.3 is 0 Å². The van der Waals surface area contributed by atoms with Gasteiger partial charge in [0.1, 0.15) is 0 Å². The van der Waals surface area contributed by atoms with Gasteiger partial charge in [-0.25, -0.2) is 8.42 Å². The van der Waals surface area contributed by atoms with Crippen LogP contribution < -0.4 is 9.62 Å². The first-order chi connectivity index (χ1) is 14.2. The van der Waals surface area contributed by atoms with Crippen molar-refractivity contribution in [3.8, 4) is 0 Å². The minimum atomic E-state index is -3.79. The first kappa shape index (κ1) is 20.2. The number of carbonyl (C=O) groups excluding carboxylic acids is 1. The van der Waals surface area contributed by atoms with Crippen LogP contribution in [0.5, 0.6) is 0 Å². The second-order valence-corrected chi connectivity index (χ2v) is 9.34. The van der Waals surface area contributed by atoms with Crippen LogP contribution in [0.1, 0.15) is 38.4 Å². The molecule has 6 nitrogen and oxygen atoms in total. The molecule has 0 aliphatic carbocycles. The maximum absolute atomic E-state index is 13.2. The molecule has 1 aliphatic heterocycles. The molecule has 156 valence electrons. The van der Waals surface area contributed by atoms with Gasteiger partial charge in [0, 0.05) is 12.2 Å². The van der Waals surface area contributed by atoms with E-state index in [0.717, 1.165) is 27.8 Å². The van der Waals surface area contributed by atoms with Gasteiger partial charge in [-0.3, -0.25) is 9.52 Å². The maximum atomic E-state index is 13.2. The van der Waals surface area contributed by atoms with Crippen LogP contribution in [-0.2, 0) is 16.4 Å². The SMILES string of the molecule is Cc1cc(C)c(C)c(S(=O)(=O)Nc2ccc3c(c2)N(C(=O)c2ccco2)CC3)c1C. The Kier molecular flexibility index (Phi) is 4.94. The van der Waals surface area contributed by atoms with E-state index in [-0.39, 0.29) is 11.7 Å². The summed E-state index contributed by atoms with van der Waals surface area (Å²) in [5.74, 6) is 0.0232. The molecule has 0 saturated heterocycles. The summed E-state index contributed by atoms with van der Waals surface area (Å²) >= 11 is 0. The fourth-order valence-corrected chi connectivity index (χ4v) is 5.64. The molecule has 1 N–H and O–H groups in total. The third kappa shape index (κ3) is 3.39. The molecule has 2 aromatic carbocycles. The van der Waals surface area contributed by atoms with Gasteiger partial charge < -0.3 is 9.32 Å². The highest BCUT2D eigenvalue weighted by molar-refractivity contribution is 7.92. The molecule has 0 fully saturated rings. The van der Waals surface area contributed by atoms with E-state index < -0.39 is 10.0 Å². The van der Waals surface area contributed by atoms with Crippen molar-refractivity contribution in [2.24, 2.45) is 0 Å². The summed E-state index contributed by atoms with van der Waals surface area (Å²) in [5.41, 5.74) is 5.46. The lowest BCUT2D eigenvalue weighted by Crippen LogP contribution is -2.28. The van der Waals surface area contributed by atoms with Crippen molar-refractivity contribution in [1.29, 1.82) is 0 Å². The van der Waals surface area contributed by atoms with Crippen LogP contribution in [-0.4, -0.2) is 20.9 Å². The van der Waals surface area contributed by atoms with Crippen LogP contribution in [0.4, 0.5) is 11.4 Å². The lowest BCUT2D eigenvalue weighted by molar-refractivity contribution is 0.0963. The fourth-order valence-electron chi connectivity index (χ4n) is 3.98. The number of furan rings is 1. The van der Waals surface area contributed by atoms with E-state index in [1.54, 1.807) is 29.2 Å². The Hall–Kier alpha value is -3.06. The van der Waals surface area contributed by atoms with Gasteiger partial charge in [0.2, 0.25) is 0 Å². The molecule has 0 radical (unpaired) electrons. The van der Waals surface area contributed by atoms with Crippen molar-refractivity contribution < 1.29 is 17.6 Å². The zero-order chi connectivity index (χ0) is 21.6. The van der Waals surface area contributed by atoms with Crippen molar-refractivity contribution in [1.82, 2.24) is 0 Å². The number of carbonyl (C=O) groups is 1. The number of benzene rings is 2. The van der Waals surface area contributed by atoms with E-state index >= 15 is 0 Å². The highest BCUT2D eigenvalue weighted by Gasteiger charge is 2.28. The number of aryl methyl sites for hydroxylation is 2. The summed E-state index contributed by atoms with van der Waals surface area (Å²) < 4.78 is 34.4. The Bertz CT molecular complexity index is 1220. The Labute approximate surface area is 176 Å². The summed E-state index contributed by atoms with van der Waals surface area (Å²) in [6.45, 7) is 7.99. The summed E-state index contributed by atoms with van der Waals surface area (Å²) in [4.78, 5) is 14.7. The van der Waals surface area contributed by atoms with Crippen molar-refractivity contribution in [2.45, 2.75) is 39.0 Å². The molecule has 0 unspecified atom stereocenters. The molecular formula is C23H24N2O4S. The smallest absolute Gasteiger partial charge is 0.293 e. The minimum absolute atomic E-state index is 0.236. The topological polar surface area (TPSA) is 79.6 Å². The summed E-state index contributed by atoms with van der Waals surface area (Å²) in [6, 6.07) is 10.6. The molecule has 1 amide bonds. The second kappa shape index (κ2) is 7.32. The highest BCUT2D eigenvalue weighted by atomic mass is 32.2. The summed E-state index contributed by atoms with van der Waals surface area (Å²) in [5, 5.41) is 0. The number of fused-ring (bicyclic) bond motifs is 1. The van der Waals surface area contributed by atoms with E-state index in [1.807, 2.05) is 39.8 Å². The Balaban J connectivity index is 1.69. The molecule has 1 aliphatic rings. The van der Waals surface area contributed by atoms with Gasteiger partial charge in [-0.15, -0.1) is 0 Å². The van der Waals surface area contributed by atoms with Crippen molar-refractivity contribution in [3.05, 3.63) is 76.2 Å². The zero-order valence-corrected chi connectivity index (χ0v) is 18.3. The van der Waals surface area contributed by atoms with Gasteiger partial charge in [-0.2, -0.15) is 0 Å². The highest BCUT2D eigenvalue weighted by Crippen LogP contribution is 2.34. The zero-order valence-electron chi connectivity index (χ0n) is 17.4. The lowest BCUT2D eigenvalue weighted by Gasteiger charge is -2.19. The van der Waals surface area contributed by atoms with E-state index in [9.17, 15) is 13.2 Å². The Morgan fingerprint density at radius 2 is 1.73 bits per heavy atom. The van der Waals surface area contributed by atoms with Crippen LogP contribution in [0.15, 0.2) is 52.0 Å². The first-order valence-corrected chi connectivity index (χ1v) is 11.3. The largest absolute Gasteiger partial charge is 0.459 e. The molecule has 3 aromatic rings. The van der Waals surface area contributed by atoms with Crippen LogP contribution in [0.25, 0.3) is 0 Å². The second-order valence-electron chi connectivity index (χ2n) is 7.72. The Morgan fingerprint density at radius 3 is 2.37 bits per heavy atom. The van der Waals surface area contributed by atoms with Crippen LogP contribution in [0.3, 0.4) is 0 Å². The summed E-state index contributed by atoms with van der Waals surface area (Å²) in [7, 11) is -3.79. The Morgan fingerprint density at radius 1 is 1.03 bits per heavy atom. The average molecular weight is 425 g/mol. The fraction of sp³-hybridized carbons (Fsp3) is 0.261. The van der Waals surface area contributed by atoms with Gasteiger partial charge in [0.25, 0.3) is 15.9 Å². The normalized spacial score (nSPS) is 13.4. The molecule has 0 bridgehead atoms. The van der Waals surface area contributed by atoms with Gasteiger partial charge in [-0.1, -0.05) is 12.1 Å². The molecule has 1 aromatic heterocycles. The first-order valence-electron chi connectivity index (χ1n) is 9.77. The van der Waals surface area contributed by atoms with Crippen molar-refractivity contribution in [3.63, 3.8) is 0 Å². The molecule has 4 rings (SSSR count). The molecule has 0 atom stereocenters. The number of rotatable bonds is 4. The van der Waals surface area contributed by atoms with Crippen molar-refractivity contribution in [2.75, 3.05) is 16.2 Å². The quantitative estimate of drug-likeness (QED) is 0.668. The molecular weight excluding hydrogens is 400 g/mol. The van der Waals surface area contributed by atoms with Crippen molar-refractivity contribution >= 4 is 27.3 Å². The van der Waals surface area contributed by atoms with Gasteiger partial charge in [0.15, 0.2) is 5.76 Å². The number of hydrogen-bond donors (Lipinski definition) is 1. The molecule has 2 heterocycles. The average Bonchev–Trinajstić information content (AvgIpc) is 3.35. The molecule has 30 heavy (non-hydrogen) atoms. The third-order valence-corrected chi connectivity index (χ3v) is 7.43. The number of nitrogens with one attached hydrogen (secondary N) is 1. The predicted molar refractivity (Wildman–Crippen MR) is 117 cm³/mol. The summed E-state index contributed by atoms with van der Waals surface area (Å²) in [6.07, 6.45) is 2.17. The lowest BCUT2D eigenvalue weighted by atomic mass is 10.0. The predicted octanol–water partition coefficient (Wildman–Crippen LogP) is 4.52. The minimum Gasteiger partial charge on any atom is -0.459 e. The van der Waals surface area contributed by atoms with E-state index in [4.69, 9.17) is 4.42 Å². The number of amides is 1. The van der Waals surface area contributed by atoms with Crippen LogP contribution in [0, 0.1) is 27.7 Å². The van der Waals surface area contributed by atoms with Crippen LogP contribution in [0.2, 0.25) is 0 Å². The molecule has 7 heteroatoms. The van der Waals surface area contributed by atoms with E-state index in [2.05, 4.69) is 4.72 Å². The van der Waals surface area contributed by atoms with E-state index in [0.29, 0.717) is 29.2 Å². The number of anilines is 2. The number of hydrogen-bond acceptors (Lipinski definition) is 4. The van der Waals surface area contributed by atoms with Gasteiger partial charge in [0.05, 0.1) is 16.8 Å².